The lowest BCUT2D eigenvalue weighted by molar-refractivity contribution is 0.680. The van der Waals surface area contributed by atoms with Gasteiger partial charge in [0.05, 0.1) is 6.54 Å². The maximum Gasteiger partial charge on any atom is 0.208 e. The van der Waals surface area contributed by atoms with Crippen molar-refractivity contribution in [2.75, 3.05) is 0 Å². The first kappa shape index (κ1) is 10.8. The van der Waals surface area contributed by atoms with Gasteiger partial charge in [0, 0.05) is 0 Å². The largest absolute Gasteiger partial charge is 0.387 e. The Kier molecular flexibility index (Phi) is 2.96. The van der Waals surface area contributed by atoms with Crippen LogP contribution >= 0.6 is 12.2 Å². The fourth-order valence-corrected chi connectivity index (χ4v) is 1.54. The van der Waals surface area contributed by atoms with Crippen LogP contribution < -0.4 is 5.73 Å². The predicted molar refractivity (Wildman–Crippen MR) is 66.2 cm³/mol. The second-order valence-corrected chi connectivity index (χ2v) is 4.00. The van der Waals surface area contributed by atoms with Gasteiger partial charge in [-0.1, -0.05) is 36.5 Å². The molecule has 82 valence electrons. The van der Waals surface area contributed by atoms with Crippen LogP contribution in [0.4, 0.5) is 0 Å². The Morgan fingerprint density at radius 1 is 1.44 bits per heavy atom. The molecule has 0 aliphatic rings. The SMILES string of the molecule is Cc1ccccc1Cn1cnc(C(N)=S)n1. The molecule has 2 aromatic rings. The minimum Gasteiger partial charge on any atom is -0.387 e. The van der Waals surface area contributed by atoms with Gasteiger partial charge < -0.3 is 5.73 Å². The molecule has 2 N–H and O–H groups in total. The summed E-state index contributed by atoms with van der Waals surface area (Å²) in [4.78, 5) is 4.25. The molecule has 5 heteroatoms. The molecule has 0 saturated carbocycles. The predicted octanol–water partition coefficient (Wildman–Crippen LogP) is 1.27. The smallest absolute Gasteiger partial charge is 0.208 e. The molecule has 0 aliphatic carbocycles. The highest BCUT2D eigenvalue weighted by atomic mass is 32.1. The van der Waals surface area contributed by atoms with Gasteiger partial charge in [0.2, 0.25) is 5.82 Å². The zero-order valence-electron chi connectivity index (χ0n) is 8.92. The third kappa shape index (κ3) is 2.25. The van der Waals surface area contributed by atoms with Gasteiger partial charge in [-0.05, 0) is 18.1 Å². The fraction of sp³-hybridized carbons (Fsp3) is 0.182. The van der Waals surface area contributed by atoms with Crippen molar-refractivity contribution in [3.05, 3.63) is 47.5 Å². The Bertz CT molecular complexity index is 518. The quantitative estimate of drug-likeness (QED) is 0.810. The Hall–Kier alpha value is -1.75. The Balaban J connectivity index is 2.21. The molecule has 2 rings (SSSR count). The maximum absolute atomic E-state index is 5.44. The fourth-order valence-electron chi connectivity index (χ4n) is 1.45. The van der Waals surface area contributed by atoms with E-state index >= 15 is 0 Å². The molecule has 0 spiro atoms. The number of aromatic nitrogens is 3. The van der Waals surface area contributed by atoms with E-state index in [9.17, 15) is 0 Å². The number of aryl methyl sites for hydroxylation is 1. The molecule has 1 aromatic carbocycles. The Morgan fingerprint density at radius 3 is 2.81 bits per heavy atom. The van der Waals surface area contributed by atoms with E-state index in [0.717, 1.165) is 0 Å². The average molecular weight is 232 g/mol. The van der Waals surface area contributed by atoms with Crippen molar-refractivity contribution >= 4 is 17.2 Å². The standard InChI is InChI=1S/C11H12N4S/c1-8-4-2-3-5-9(8)6-15-7-13-11(14-15)10(12)16/h2-5,7H,6H2,1H3,(H2,12,16). The number of nitrogens with two attached hydrogens (primary N) is 1. The molecular weight excluding hydrogens is 220 g/mol. The van der Waals surface area contributed by atoms with Crippen LogP contribution in [0.25, 0.3) is 0 Å². The maximum atomic E-state index is 5.44. The highest BCUT2D eigenvalue weighted by molar-refractivity contribution is 7.80. The normalized spacial score (nSPS) is 10.3. The van der Waals surface area contributed by atoms with E-state index in [0.29, 0.717) is 12.4 Å². The Labute approximate surface area is 99.1 Å². The number of rotatable bonds is 3. The summed E-state index contributed by atoms with van der Waals surface area (Å²) in [5.41, 5.74) is 7.88. The molecule has 0 saturated heterocycles. The van der Waals surface area contributed by atoms with E-state index in [1.54, 1.807) is 11.0 Å². The highest BCUT2D eigenvalue weighted by Gasteiger charge is 2.04. The number of benzene rings is 1. The molecule has 0 atom stereocenters. The van der Waals surface area contributed by atoms with Crippen LogP contribution in [0.5, 0.6) is 0 Å². The molecule has 0 fully saturated rings. The zero-order chi connectivity index (χ0) is 11.5. The Morgan fingerprint density at radius 2 is 2.19 bits per heavy atom. The van der Waals surface area contributed by atoms with Gasteiger partial charge in [-0.15, -0.1) is 5.10 Å². The van der Waals surface area contributed by atoms with Gasteiger partial charge >= 0.3 is 0 Å². The summed E-state index contributed by atoms with van der Waals surface area (Å²) in [7, 11) is 0. The molecule has 0 aliphatic heterocycles. The zero-order valence-corrected chi connectivity index (χ0v) is 9.74. The molecular formula is C11H12N4S. The number of hydrogen-bond donors (Lipinski definition) is 1. The summed E-state index contributed by atoms with van der Waals surface area (Å²) in [6, 6.07) is 8.16. The molecule has 0 unspecified atom stereocenters. The number of thiocarbonyl (C=S) groups is 1. The molecule has 0 bridgehead atoms. The van der Waals surface area contributed by atoms with Crippen molar-refractivity contribution in [2.24, 2.45) is 5.73 Å². The van der Waals surface area contributed by atoms with E-state index < -0.39 is 0 Å². The van der Waals surface area contributed by atoms with Crippen molar-refractivity contribution < 1.29 is 0 Å². The van der Waals surface area contributed by atoms with Crippen LogP contribution in [0.3, 0.4) is 0 Å². The van der Waals surface area contributed by atoms with E-state index in [1.165, 1.54) is 11.1 Å². The molecule has 1 aromatic heterocycles. The minimum atomic E-state index is 0.225. The van der Waals surface area contributed by atoms with Crippen LogP contribution in [0.2, 0.25) is 0 Å². The monoisotopic (exact) mass is 232 g/mol. The van der Waals surface area contributed by atoms with Gasteiger partial charge in [0.1, 0.15) is 11.3 Å². The van der Waals surface area contributed by atoms with Crippen molar-refractivity contribution in [1.29, 1.82) is 0 Å². The van der Waals surface area contributed by atoms with E-state index in [2.05, 4.69) is 29.1 Å². The number of hydrogen-bond acceptors (Lipinski definition) is 3. The first-order valence-electron chi connectivity index (χ1n) is 4.90. The summed E-state index contributed by atoms with van der Waals surface area (Å²) < 4.78 is 1.73. The molecule has 1 heterocycles. The molecule has 0 amide bonds. The van der Waals surface area contributed by atoms with Gasteiger partial charge in [0.15, 0.2) is 0 Å². The second-order valence-electron chi connectivity index (χ2n) is 3.56. The third-order valence-electron chi connectivity index (χ3n) is 2.35. The van der Waals surface area contributed by atoms with Crippen molar-refractivity contribution in [3.63, 3.8) is 0 Å². The van der Waals surface area contributed by atoms with Gasteiger partial charge in [-0.25, -0.2) is 9.67 Å². The first-order chi connectivity index (χ1) is 7.66. The summed E-state index contributed by atoms with van der Waals surface area (Å²) in [6.07, 6.45) is 1.64. The van der Waals surface area contributed by atoms with Crippen molar-refractivity contribution in [1.82, 2.24) is 14.8 Å². The minimum absolute atomic E-state index is 0.225. The lowest BCUT2D eigenvalue weighted by atomic mass is 10.1. The van der Waals surface area contributed by atoms with Crippen LogP contribution in [-0.2, 0) is 6.54 Å². The van der Waals surface area contributed by atoms with Crippen LogP contribution in [0, 0.1) is 6.92 Å². The second kappa shape index (κ2) is 4.40. The molecule has 4 nitrogen and oxygen atoms in total. The van der Waals surface area contributed by atoms with Gasteiger partial charge in [0.25, 0.3) is 0 Å². The van der Waals surface area contributed by atoms with E-state index in [4.69, 9.17) is 18.0 Å². The lowest BCUT2D eigenvalue weighted by Gasteiger charge is -2.04. The van der Waals surface area contributed by atoms with Crippen LogP contribution in [0.15, 0.2) is 30.6 Å². The molecule has 16 heavy (non-hydrogen) atoms. The topological polar surface area (TPSA) is 56.7 Å². The number of nitrogens with zero attached hydrogens (tertiary/aromatic N) is 3. The third-order valence-corrected chi connectivity index (χ3v) is 2.53. The summed E-state index contributed by atoms with van der Waals surface area (Å²) in [5, 5.41) is 4.19. The summed E-state index contributed by atoms with van der Waals surface area (Å²) in [6.45, 7) is 2.75. The van der Waals surface area contributed by atoms with Crippen LogP contribution in [-0.4, -0.2) is 19.8 Å². The summed E-state index contributed by atoms with van der Waals surface area (Å²) in [5.74, 6) is 0.420. The van der Waals surface area contributed by atoms with Crippen molar-refractivity contribution in [3.8, 4) is 0 Å². The van der Waals surface area contributed by atoms with Crippen molar-refractivity contribution in [2.45, 2.75) is 13.5 Å². The van der Waals surface area contributed by atoms with E-state index in [-0.39, 0.29) is 4.99 Å². The van der Waals surface area contributed by atoms with Gasteiger partial charge in [-0.3, -0.25) is 0 Å². The molecule has 0 radical (unpaired) electrons. The lowest BCUT2D eigenvalue weighted by Crippen LogP contribution is -2.12. The van der Waals surface area contributed by atoms with Crippen LogP contribution in [0.1, 0.15) is 17.0 Å². The highest BCUT2D eigenvalue weighted by Crippen LogP contribution is 2.08. The van der Waals surface area contributed by atoms with Gasteiger partial charge in [-0.2, -0.15) is 0 Å². The summed E-state index contributed by atoms with van der Waals surface area (Å²) >= 11 is 4.81. The first-order valence-corrected chi connectivity index (χ1v) is 5.31. The van der Waals surface area contributed by atoms with E-state index in [1.807, 2.05) is 12.1 Å². The average Bonchev–Trinajstić information content (AvgIpc) is 2.70.